The first-order valence-electron chi connectivity index (χ1n) is 9.44. The number of ether oxygens (including phenoxy) is 2. The van der Waals surface area contributed by atoms with E-state index in [-0.39, 0.29) is 12.4 Å². The molecule has 0 unspecified atom stereocenters. The Bertz CT molecular complexity index is 979. The van der Waals surface area contributed by atoms with E-state index in [0.29, 0.717) is 41.2 Å². The van der Waals surface area contributed by atoms with Crippen LogP contribution in [0.1, 0.15) is 23.6 Å². The van der Waals surface area contributed by atoms with Gasteiger partial charge < -0.3 is 14.8 Å². The second-order valence-electron chi connectivity index (χ2n) is 6.56. The molecule has 3 aromatic rings. The van der Waals surface area contributed by atoms with Crippen LogP contribution in [-0.2, 0) is 19.7 Å². The molecule has 3 rings (SSSR count). The van der Waals surface area contributed by atoms with Gasteiger partial charge in [0.15, 0.2) is 11.5 Å². The molecule has 0 saturated heterocycles. The van der Waals surface area contributed by atoms with E-state index in [4.69, 9.17) is 32.7 Å². The maximum atomic E-state index is 13.0. The lowest BCUT2D eigenvalue weighted by Crippen LogP contribution is -2.13. The highest BCUT2D eigenvalue weighted by Gasteiger charge is 2.14. The van der Waals surface area contributed by atoms with Crippen molar-refractivity contribution >= 4 is 39.1 Å². The van der Waals surface area contributed by atoms with E-state index in [1.165, 1.54) is 12.1 Å². The topological polar surface area (TPSA) is 30.5 Å². The summed E-state index contributed by atoms with van der Waals surface area (Å²) in [5.74, 6) is 0.987. The van der Waals surface area contributed by atoms with Gasteiger partial charge in [0.05, 0.1) is 11.1 Å². The molecule has 0 fully saturated rings. The zero-order chi connectivity index (χ0) is 21.5. The molecule has 0 aliphatic rings. The molecule has 0 saturated carbocycles. The Labute approximate surface area is 194 Å². The van der Waals surface area contributed by atoms with Gasteiger partial charge in [0, 0.05) is 28.7 Å². The van der Waals surface area contributed by atoms with Crippen molar-refractivity contribution in [2.24, 2.45) is 0 Å². The Kier molecular flexibility index (Phi) is 8.40. The molecular weight excluding hydrogens is 492 g/mol. The van der Waals surface area contributed by atoms with Gasteiger partial charge in [-0.1, -0.05) is 41.4 Å². The van der Waals surface area contributed by atoms with Gasteiger partial charge in [0.25, 0.3) is 0 Å². The van der Waals surface area contributed by atoms with E-state index in [0.717, 1.165) is 21.2 Å². The van der Waals surface area contributed by atoms with Crippen LogP contribution in [0.2, 0.25) is 10.0 Å². The summed E-state index contributed by atoms with van der Waals surface area (Å²) in [6.45, 7) is 3.89. The molecule has 3 nitrogen and oxygen atoms in total. The molecule has 0 atom stereocenters. The molecule has 0 spiro atoms. The van der Waals surface area contributed by atoms with E-state index in [1.807, 2.05) is 19.1 Å². The molecular formula is C23H21BrCl2FNO2. The molecule has 30 heavy (non-hydrogen) atoms. The minimum absolute atomic E-state index is 0.222. The zero-order valence-corrected chi connectivity index (χ0v) is 19.5. The van der Waals surface area contributed by atoms with Crippen LogP contribution in [0.5, 0.6) is 11.5 Å². The van der Waals surface area contributed by atoms with Gasteiger partial charge in [-0.15, -0.1) is 0 Å². The van der Waals surface area contributed by atoms with Crippen LogP contribution in [0.3, 0.4) is 0 Å². The lowest BCUT2D eigenvalue weighted by atomic mass is 10.1. The highest BCUT2D eigenvalue weighted by Crippen LogP contribution is 2.38. The number of rotatable bonds is 9. The Morgan fingerprint density at radius 3 is 2.27 bits per heavy atom. The number of nitrogens with one attached hydrogen (secondary N) is 1. The number of hydrogen-bond donors (Lipinski definition) is 1. The second-order valence-corrected chi connectivity index (χ2v) is 8.23. The molecule has 0 aliphatic heterocycles. The van der Waals surface area contributed by atoms with Crippen molar-refractivity contribution in [3.63, 3.8) is 0 Å². The fraction of sp³-hybridized carbons (Fsp3) is 0.217. The Balaban J connectivity index is 1.70. The van der Waals surface area contributed by atoms with Crippen molar-refractivity contribution in [1.29, 1.82) is 0 Å². The highest BCUT2D eigenvalue weighted by atomic mass is 79.9. The van der Waals surface area contributed by atoms with E-state index >= 15 is 0 Å². The zero-order valence-electron chi connectivity index (χ0n) is 16.4. The predicted octanol–water partition coefficient (Wildman–Crippen LogP) is 7.16. The van der Waals surface area contributed by atoms with Gasteiger partial charge in [-0.05, 0) is 70.4 Å². The maximum absolute atomic E-state index is 13.0. The van der Waals surface area contributed by atoms with Crippen molar-refractivity contribution in [2.45, 2.75) is 26.6 Å². The third-order valence-electron chi connectivity index (χ3n) is 4.36. The quantitative estimate of drug-likeness (QED) is 0.330. The second kappa shape index (κ2) is 11.0. The standard InChI is InChI=1S/C23H21BrCl2FNO2/c1-2-29-22-11-16(13-28-12-15-6-8-17(27)9-7-15)10-19(24)23(22)30-14-18-20(25)4-3-5-21(18)26/h3-11,28H,2,12-14H2,1H3. The van der Waals surface area contributed by atoms with Crippen LogP contribution in [0, 0.1) is 5.82 Å². The first-order chi connectivity index (χ1) is 14.5. The summed E-state index contributed by atoms with van der Waals surface area (Å²) in [6, 6.07) is 15.7. The molecule has 0 radical (unpaired) electrons. The maximum Gasteiger partial charge on any atom is 0.175 e. The number of benzene rings is 3. The third-order valence-corrected chi connectivity index (χ3v) is 5.66. The van der Waals surface area contributed by atoms with Crippen molar-refractivity contribution < 1.29 is 13.9 Å². The van der Waals surface area contributed by atoms with Crippen LogP contribution in [0.4, 0.5) is 4.39 Å². The Morgan fingerprint density at radius 2 is 1.60 bits per heavy atom. The molecule has 0 heterocycles. The molecule has 158 valence electrons. The van der Waals surface area contributed by atoms with E-state index in [1.54, 1.807) is 30.3 Å². The Morgan fingerprint density at radius 1 is 0.933 bits per heavy atom. The molecule has 0 amide bonds. The number of hydrogen-bond acceptors (Lipinski definition) is 3. The van der Waals surface area contributed by atoms with Crippen LogP contribution in [0.25, 0.3) is 0 Å². The summed E-state index contributed by atoms with van der Waals surface area (Å²) in [4.78, 5) is 0. The van der Waals surface area contributed by atoms with Crippen LogP contribution in [0.15, 0.2) is 59.1 Å². The molecule has 7 heteroatoms. The summed E-state index contributed by atoms with van der Waals surface area (Å²) < 4.78 is 25.6. The summed E-state index contributed by atoms with van der Waals surface area (Å²) >= 11 is 16.1. The van der Waals surface area contributed by atoms with Gasteiger partial charge >= 0.3 is 0 Å². The summed E-state index contributed by atoms with van der Waals surface area (Å²) in [5.41, 5.74) is 2.76. The first-order valence-corrected chi connectivity index (χ1v) is 11.0. The molecule has 0 aromatic heterocycles. The van der Waals surface area contributed by atoms with E-state index in [2.05, 4.69) is 21.2 Å². The molecule has 0 aliphatic carbocycles. The average molecular weight is 513 g/mol. The lowest BCUT2D eigenvalue weighted by molar-refractivity contribution is 0.267. The van der Waals surface area contributed by atoms with E-state index < -0.39 is 0 Å². The van der Waals surface area contributed by atoms with Gasteiger partial charge in [0.2, 0.25) is 0 Å². The van der Waals surface area contributed by atoms with Crippen molar-refractivity contribution in [1.82, 2.24) is 5.32 Å². The van der Waals surface area contributed by atoms with Crippen molar-refractivity contribution in [3.8, 4) is 11.5 Å². The fourth-order valence-electron chi connectivity index (χ4n) is 2.89. The Hall–Kier alpha value is -1.79. The first kappa shape index (κ1) is 22.9. The molecule has 0 bridgehead atoms. The van der Waals surface area contributed by atoms with Gasteiger partial charge in [-0.25, -0.2) is 4.39 Å². The minimum atomic E-state index is -0.238. The van der Waals surface area contributed by atoms with Crippen LogP contribution >= 0.6 is 39.1 Å². The molecule has 3 aromatic carbocycles. The normalized spacial score (nSPS) is 10.8. The summed E-state index contributed by atoms with van der Waals surface area (Å²) in [7, 11) is 0. The SMILES string of the molecule is CCOc1cc(CNCc2ccc(F)cc2)cc(Br)c1OCc1c(Cl)cccc1Cl. The monoisotopic (exact) mass is 511 g/mol. The van der Waals surface area contributed by atoms with Gasteiger partial charge in [-0.3, -0.25) is 0 Å². The smallest absolute Gasteiger partial charge is 0.175 e. The van der Waals surface area contributed by atoms with Crippen LogP contribution < -0.4 is 14.8 Å². The summed E-state index contributed by atoms with van der Waals surface area (Å²) in [5, 5.41) is 4.46. The van der Waals surface area contributed by atoms with Crippen molar-refractivity contribution in [2.75, 3.05) is 6.61 Å². The third kappa shape index (κ3) is 6.11. The predicted molar refractivity (Wildman–Crippen MR) is 123 cm³/mol. The van der Waals surface area contributed by atoms with Crippen molar-refractivity contribution in [3.05, 3.63) is 91.6 Å². The van der Waals surface area contributed by atoms with Gasteiger partial charge in [0.1, 0.15) is 12.4 Å². The van der Waals surface area contributed by atoms with Gasteiger partial charge in [-0.2, -0.15) is 0 Å². The highest BCUT2D eigenvalue weighted by molar-refractivity contribution is 9.10. The largest absolute Gasteiger partial charge is 0.490 e. The average Bonchev–Trinajstić information content (AvgIpc) is 2.71. The fourth-order valence-corrected chi connectivity index (χ4v) is 4.00. The number of halogens is 4. The lowest BCUT2D eigenvalue weighted by Gasteiger charge is -2.17. The van der Waals surface area contributed by atoms with Crippen LogP contribution in [-0.4, -0.2) is 6.61 Å². The summed E-state index contributed by atoms with van der Waals surface area (Å²) in [6.07, 6.45) is 0. The molecule has 1 N–H and O–H groups in total. The van der Waals surface area contributed by atoms with E-state index in [9.17, 15) is 4.39 Å². The minimum Gasteiger partial charge on any atom is -0.490 e.